The highest BCUT2D eigenvalue weighted by atomic mass is 16.5. The Kier molecular flexibility index (Phi) is 5.17. The monoisotopic (exact) mass is 251 g/mol. The zero-order valence-corrected chi connectivity index (χ0v) is 10.5. The van der Waals surface area contributed by atoms with E-state index in [1.165, 1.54) is 4.90 Å². The van der Waals surface area contributed by atoms with E-state index in [4.69, 9.17) is 9.84 Å². The van der Waals surface area contributed by atoms with Gasteiger partial charge in [0.1, 0.15) is 12.2 Å². The maximum atomic E-state index is 11.4. The summed E-state index contributed by atoms with van der Waals surface area (Å²) >= 11 is 0. The van der Waals surface area contributed by atoms with Crippen LogP contribution in [-0.4, -0.2) is 42.6 Å². The van der Waals surface area contributed by atoms with E-state index < -0.39 is 12.4 Å². The lowest BCUT2D eigenvalue weighted by molar-refractivity contribution is -0.143. The molecule has 0 aliphatic carbocycles. The zero-order valence-electron chi connectivity index (χ0n) is 10.5. The molecule has 18 heavy (non-hydrogen) atoms. The van der Waals surface area contributed by atoms with E-state index in [0.717, 1.165) is 11.3 Å². The first-order chi connectivity index (χ1) is 8.52. The molecule has 0 bridgehead atoms. The van der Waals surface area contributed by atoms with Crippen LogP contribution in [0.25, 0.3) is 0 Å². The van der Waals surface area contributed by atoms with Gasteiger partial charge in [0, 0.05) is 13.6 Å². The first-order valence-electron chi connectivity index (χ1n) is 5.61. The van der Waals surface area contributed by atoms with Gasteiger partial charge in [-0.15, -0.1) is 0 Å². The van der Waals surface area contributed by atoms with Crippen molar-refractivity contribution in [2.75, 3.05) is 20.7 Å². The molecule has 0 spiro atoms. The summed E-state index contributed by atoms with van der Waals surface area (Å²) in [5.41, 5.74) is 1.07. The van der Waals surface area contributed by atoms with Crippen LogP contribution in [0.1, 0.15) is 12.0 Å². The summed E-state index contributed by atoms with van der Waals surface area (Å²) < 4.78 is 5.05. The fourth-order valence-electron chi connectivity index (χ4n) is 1.48. The molecule has 1 amide bonds. The van der Waals surface area contributed by atoms with Crippen LogP contribution in [-0.2, 0) is 16.0 Å². The summed E-state index contributed by atoms with van der Waals surface area (Å²) in [6.45, 7) is 0.498. The molecule has 98 valence electrons. The van der Waals surface area contributed by atoms with Gasteiger partial charge in [0.25, 0.3) is 0 Å². The molecular weight excluding hydrogens is 234 g/mol. The third-order valence-corrected chi connectivity index (χ3v) is 2.62. The van der Waals surface area contributed by atoms with E-state index in [9.17, 15) is 9.59 Å². The van der Waals surface area contributed by atoms with Gasteiger partial charge in [0.05, 0.1) is 7.11 Å². The van der Waals surface area contributed by atoms with Crippen molar-refractivity contribution >= 4 is 11.9 Å². The van der Waals surface area contributed by atoms with Crippen molar-refractivity contribution in [1.82, 2.24) is 4.90 Å². The zero-order chi connectivity index (χ0) is 13.5. The molecule has 1 N–H and O–H groups in total. The number of ether oxygens (including phenoxy) is 1. The lowest BCUT2D eigenvalue weighted by Gasteiger charge is -2.16. The molecule has 0 saturated heterocycles. The Bertz CT molecular complexity index is 414. The summed E-state index contributed by atoms with van der Waals surface area (Å²) in [6.07, 6.45) is 0.227. The summed E-state index contributed by atoms with van der Waals surface area (Å²) in [7, 11) is 3.21. The number of methoxy groups -OCH3 is 1. The molecule has 1 aromatic carbocycles. The van der Waals surface area contributed by atoms with Gasteiger partial charge in [-0.1, -0.05) is 12.1 Å². The summed E-state index contributed by atoms with van der Waals surface area (Å²) in [5.74, 6) is -0.693. The molecule has 0 fully saturated rings. The molecule has 0 aliphatic heterocycles. The second-order valence-corrected chi connectivity index (χ2v) is 3.98. The van der Waals surface area contributed by atoms with Crippen LogP contribution < -0.4 is 4.74 Å². The second-order valence-electron chi connectivity index (χ2n) is 3.98. The van der Waals surface area contributed by atoms with Gasteiger partial charge in [-0.05, 0) is 24.1 Å². The van der Waals surface area contributed by atoms with Crippen molar-refractivity contribution in [1.29, 1.82) is 0 Å². The molecule has 0 unspecified atom stereocenters. The van der Waals surface area contributed by atoms with Crippen LogP contribution in [0.5, 0.6) is 5.75 Å². The average Bonchev–Trinajstić information content (AvgIpc) is 2.35. The van der Waals surface area contributed by atoms with E-state index >= 15 is 0 Å². The average molecular weight is 251 g/mol. The number of carbonyl (C=O) groups is 2. The molecular formula is C13H17NO4. The lowest BCUT2D eigenvalue weighted by Crippen LogP contribution is -2.30. The minimum atomic E-state index is -1.10. The highest BCUT2D eigenvalue weighted by Crippen LogP contribution is 2.11. The number of nitrogens with zero attached hydrogens (tertiary/aromatic N) is 1. The molecule has 0 radical (unpaired) electrons. The molecule has 0 heterocycles. The number of amides is 1. The Morgan fingerprint density at radius 3 is 2.39 bits per heavy atom. The van der Waals surface area contributed by atoms with Crippen molar-refractivity contribution in [3.63, 3.8) is 0 Å². The van der Waals surface area contributed by atoms with Gasteiger partial charge in [0.15, 0.2) is 0 Å². The van der Waals surface area contributed by atoms with E-state index in [2.05, 4.69) is 0 Å². The number of carboxylic acid groups (broad SMARTS) is 1. The molecule has 0 aliphatic rings. The highest BCUT2D eigenvalue weighted by molar-refractivity contribution is 5.93. The first-order valence-corrected chi connectivity index (χ1v) is 5.61. The topological polar surface area (TPSA) is 66.8 Å². The number of likely N-dealkylation sites (N-methyl/N-ethyl adjacent to an activating group) is 1. The number of hydrogen-bond acceptors (Lipinski definition) is 3. The maximum Gasteiger partial charge on any atom is 0.312 e. The fraction of sp³-hybridized carbons (Fsp3) is 0.385. The van der Waals surface area contributed by atoms with Crippen molar-refractivity contribution in [2.45, 2.75) is 12.8 Å². The molecule has 0 aromatic heterocycles. The molecule has 5 nitrogen and oxygen atoms in total. The maximum absolute atomic E-state index is 11.4. The summed E-state index contributed by atoms with van der Waals surface area (Å²) in [6, 6.07) is 7.56. The third-order valence-electron chi connectivity index (χ3n) is 2.62. The minimum Gasteiger partial charge on any atom is -0.497 e. The van der Waals surface area contributed by atoms with E-state index in [1.807, 2.05) is 24.3 Å². The van der Waals surface area contributed by atoms with Crippen LogP contribution in [0, 0.1) is 0 Å². The fourth-order valence-corrected chi connectivity index (χ4v) is 1.48. The number of benzene rings is 1. The highest BCUT2D eigenvalue weighted by Gasteiger charge is 2.12. The predicted molar refractivity (Wildman–Crippen MR) is 66.6 cm³/mol. The van der Waals surface area contributed by atoms with Crippen LogP contribution >= 0.6 is 0 Å². The van der Waals surface area contributed by atoms with Crippen LogP contribution in [0.3, 0.4) is 0 Å². The number of carbonyl (C=O) groups excluding carboxylic acids is 1. The minimum absolute atomic E-state index is 0.379. The van der Waals surface area contributed by atoms with Gasteiger partial charge in [-0.2, -0.15) is 0 Å². The smallest absolute Gasteiger partial charge is 0.312 e. The van der Waals surface area contributed by atoms with Crippen molar-refractivity contribution in [3.8, 4) is 5.75 Å². The van der Waals surface area contributed by atoms with E-state index in [-0.39, 0.29) is 5.91 Å². The summed E-state index contributed by atoms with van der Waals surface area (Å²) in [5, 5.41) is 8.51. The van der Waals surface area contributed by atoms with E-state index in [0.29, 0.717) is 13.0 Å². The van der Waals surface area contributed by atoms with Gasteiger partial charge in [-0.25, -0.2) is 0 Å². The van der Waals surface area contributed by atoms with Gasteiger partial charge in [0.2, 0.25) is 5.91 Å². The molecule has 1 aromatic rings. The Labute approximate surface area is 106 Å². The Hall–Kier alpha value is -2.04. The van der Waals surface area contributed by atoms with E-state index in [1.54, 1.807) is 14.2 Å². The van der Waals surface area contributed by atoms with Crippen molar-refractivity contribution in [2.24, 2.45) is 0 Å². The third kappa shape index (κ3) is 4.45. The Morgan fingerprint density at radius 2 is 1.89 bits per heavy atom. The number of hydrogen-bond donors (Lipinski definition) is 1. The van der Waals surface area contributed by atoms with Gasteiger partial charge >= 0.3 is 5.97 Å². The standard InChI is InChI=1S/C13H17NO4/c1-14(12(15)9-13(16)17)8-7-10-3-5-11(18-2)6-4-10/h3-6H,7-9H2,1-2H3,(H,16,17). The van der Waals surface area contributed by atoms with Crippen molar-refractivity contribution < 1.29 is 19.4 Å². The normalized spacial score (nSPS) is 9.89. The van der Waals surface area contributed by atoms with Crippen molar-refractivity contribution in [3.05, 3.63) is 29.8 Å². The number of aliphatic carboxylic acids is 1. The summed E-state index contributed by atoms with van der Waals surface area (Å²) in [4.78, 5) is 23.2. The van der Waals surface area contributed by atoms with Crippen LogP contribution in [0.2, 0.25) is 0 Å². The molecule has 0 atom stereocenters. The number of rotatable bonds is 6. The van der Waals surface area contributed by atoms with Gasteiger partial charge < -0.3 is 14.7 Å². The Balaban J connectivity index is 2.43. The van der Waals surface area contributed by atoms with Crippen LogP contribution in [0.4, 0.5) is 0 Å². The first kappa shape index (κ1) is 14.0. The SMILES string of the molecule is COc1ccc(CCN(C)C(=O)CC(=O)O)cc1. The van der Waals surface area contributed by atoms with Crippen LogP contribution in [0.15, 0.2) is 24.3 Å². The second kappa shape index (κ2) is 6.64. The largest absolute Gasteiger partial charge is 0.497 e. The van der Waals surface area contributed by atoms with Gasteiger partial charge in [-0.3, -0.25) is 9.59 Å². The number of carboxylic acids is 1. The predicted octanol–water partition coefficient (Wildman–Crippen LogP) is 1.17. The molecule has 5 heteroatoms. The quantitative estimate of drug-likeness (QED) is 0.771. The Morgan fingerprint density at radius 1 is 1.28 bits per heavy atom. The molecule has 0 saturated carbocycles. The molecule has 1 rings (SSSR count). The lowest BCUT2D eigenvalue weighted by atomic mass is 10.1.